The molecule has 0 amide bonds. The number of nitrogens with zero attached hydrogens (tertiary/aromatic N) is 2. The molecule has 0 radical (unpaired) electrons. The van der Waals surface area contributed by atoms with Gasteiger partial charge in [-0.2, -0.15) is 5.26 Å². The van der Waals surface area contributed by atoms with Crippen molar-refractivity contribution in [1.82, 2.24) is 0 Å². The van der Waals surface area contributed by atoms with Crippen molar-refractivity contribution in [3.8, 4) is 17.6 Å². The smallest absolute Gasteiger partial charge is 0.288 e. The number of halogens is 1. The molecule has 19 heavy (non-hydrogen) atoms. The van der Waals surface area contributed by atoms with E-state index in [2.05, 4.69) is 0 Å². The second-order valence-electron chi connectivity index (χ2n) is 3.61. The zero-order valence-corrected chi connectivity index (χ0v) is 10.3. The second kappa shape index (κ2) is 5.38. The summed E-state index contributed by atoms with van der Waals surface area (Å²) in [5.41, 5.74) is 0.283. The minimum atomic E-state index is -0.567. The van der Waals surface area contributed by atoms with Crippen molar-refractivity contribution in [2.75, 3.05) is 0 Å². The molecule has 0 aliphatic carbocycles. The summed E-state index contributed by atoms with van der Waals surface area (Å²) in [5, 5.41) is 19.4. The molecule has 0 atom stereocenters. The number of hydrogen-bond donors (Lipinski definition) is 0. The molecular formula is C13H7ClN2O3. The van der Waals surface area contributed by atoms with Crippen LogP contribution in [-0.2, 0) is 0 Å². The summed E-state index contributed by atoms with van der Waals surface area (Å²) in [7, 11) is 0. The van der Waals surface area contributed by atoms with Crippen molar-refractivity contribution in [2.24, 2.45) is 0 Å². The van der Waals surface area contributed by atoms with Crippen molar-refractivity contribution >= 4 is 17.3 Å². The maximum Gasteiger partial charge on any atom is 0.288 e. The van der Waals surface area contributed by atoms with Gasteiger partial charge < -0.3 is 4.74 Å². The third kappa shape index (κ3) is 3.00. The minimum absolute atomic E-state index is 0.000984. The molecule has 6 heteroatoms. The summed E-state index contributed by atoms with van der Waals surface area (Å²) in [6.45, 7) is 0. The fourth-order valence-corrected chi connectivity index (χ4v) is 1.70. The van der Waals surface area contributed by atoms with Crippen LogP contribution >= 0.6 is 11.6 Å². The molecule has 0 N–H and O–H groups in total. The minimum Gasteiger partial charge on any atom is -0.457 e. The topological polar surface area (TPSA) is 76.2 Å². The lowest BCUT2D eigenvalue weighted by Gasteiger charge is -2.06. The molecule has 0 bridgehead atoms. The molecule has 0 aromatic heterocycles. The average molecular weight is 275 g/mol. The van der Waals surface area contributed by atoms with Gasteiger partial charge >= 0.3 is 0 Å². The molecule has 0 aliphatic heterocycles. The number of rotatable bonds is 3. The molecular weight excluding hydrogens is 268 g/mol. The van der Waals surface area contributed by atoms with Crippen molar-refractivity contribution in [3.05, 3.63) is 63.2 Å². The summed E-state index contributed by atoms with van der Waals surface area (Å²) < 4.78 is 5.48. The Labute approximate surface area is 113 Å². The maximum absolute atomic E-state index is 10.6. The van der Waals surface area contributed by atoms with Crippen LogP contribution in [0.5, 0.6) is 11.5 Å². The van der Waals surface area contributed by atoms with E-state index in [0.29, 0.717) is 17.1 Å². The first-order valence-electron chi connectivity index (χ1n) is 5.22. The van der Waals surface area contributed by atoms with Crippen LogP contribution in [0.3, 0.4) is 0 Å². The van der Waals surface area contributed by atoms with E-state index in [1.165, 1.54) is 18.2 Å². The fraction of sp³-hybridized carbons (Fsp3) is 0. The average Bonchev–Trinajstić information content (AvgIpc) is 2.38. The molecule has 0 spiro atoms. The van der Waals surface area contributed by atoms with Crippen molar-refractivity contribution in [1.29, 1.82) is 5.26 Å². The standard InChI is InChI=1S/C13H7ClN2O3/c14-12-7-11(4-5-13(12)16(17)18)19-10-3-1-2-9(6-10)8-15/h1-7H. The normalized spacial score (nSPS) is 9.68. The third-order valence-corrected chi connectivity index (χ3v) is 2.62. The Kier molecular flexibility index (Phi) is 3.64. The van der Waals surface area contributed by atoms with Gasteiger partial charge in [-0.1, -0.05) is 17.7 Å². The van der Waals surface area contributed by atoms with Crippen LogP contribution < -0.4 is 4.74 Å². The predicted molar refractivity (Wildman–Crippen MR) is 69.3 cm³/mol. The number of hydrogen-bond acceptors (Lipinski definition) is 4. The maximum atomic E-state index is 10.6. The van der Waals surface area contributed by atoms with E-state index in [4.69, 9.17) is 21.6 Å². The zero-order valence-electron chi connectivity index (χ0n) is 9.54. The van der Waals surface area contributed by atoms with Gasteiger partial charge in [-0.15, -0.1) is 0 Å². The lowest BCUT2D eigenvalue weighted by atomic mass is 10.2. The highest BCUT2D eigenvalue weighted by molar-refractivity contribution is 6.32. The highest BCUT2D eigenvalue weighted by Crippen LogP contribution is 2.31. The van der Waals surface area contributed by atoms with Crippen molar-refractivity contribution in [3.63, 3.8) is 0 Å². The first-order chi connectivity index (χ1) is 9.10. The highest BCUT2D eigenvalue weighted by atomic mass is 35.5. The molecule has 0 aliphatic rings. The first kappa shape index (κ1) is 12.9. The van der Waals surface area contributed by atoms with Crippen LogP contribution in [0, 0.1) is 21.4 Å². The van der Waals surface area contributed by atoms with Gasteiger partial charge in [0, 0.05) is 12.1 Å². The van der Waals surface area contributed by atoms with Crippen molar-refractivity contribution in [2.45, 2.75) is 0 Å². The summed E-state index contributed by atoms with van der Waals surface area (Å²) in [5.74, 6) is 0.828. The monoisotopic (exact) mass is 274 g/mol. The Balaban J connectivity index is 2.26. The van der Waals surface area contributed by atoms with Crippen LogP contribution in [0.1, 0.15) is 5.56 Å². The van der Waals surface area contributed by atoms with E-state index in [1.807, 2.05) is 6.07 Å². The van der Waals surface area contributed by atoms with Gasteiger partial charge in [-0.3, -0.25) is 10.1 Å². The Morgan fingerprint density at radius 2 is 1.95 bits per heavy atom. The van der Waals surface area contributed by atoms with Gasteiger partial charge in [0.1, 0.15) is 16.5 Å². The first-order valence-corrected chi connectivity index (χ1v) is 5.60. The Morgan fingerprint density at radius 1 is 1.21 bits per heavy atom. The number of nitro benzene ring substituents is 1. The summed E-state index contributed by atoms with van der Waals surface area (Å²) in [6, 6.07) is 12.6. The molecule has 0 saturated heterocycles. The third-order valence-electron chi connectivity index (χ3n) is 2.31. The summed E-state index contributed by atoms with van der Waals surface area (Å²) in [4.78, 5) is 10.1. The zero-order chi connectivity index (χ0) is 13.8. The number of ether oxygens (including phenoxy) is 1. The quantitative estimate of drug-likeness (QED) is 0.628. The van der Waals surface area contributed by atoms with Crippen LogP contribution in [0.25, 0.3) is 0 Å². The van der Waals surface area contributed by atoms with E-state index in [1.54, 1.807) is 24.3 Å². The molecule has 5 nitrogen and oxygen atoms in total. The number of nitro groups is 1. The molecule has 2 aromatic rings. The van der Waals surface area contributed by atoms with E-state index < -0.39 is 4.92 Å². The van der Waals surface area contributed by atoms with Crippen molar-refractivity contribution < 1.29 is 9.66 Å². The molecule has 2 aromatic carbocycles. The van der Waals surface area contributed by atoms with Gasteiger partial charge in [-0.25, -0.2) is 0 Å². The van der Waals surface area contributed by atoms with Crippen LogP contribution in [0.4, 0.5) is 5.69 Å². The van der Waals surface area contributed by atoms with E-state index in [-0.39, 0.29) is 10.7 Å². The van der Waals surface area contributed by atoms with Crippen LogP contribution in [-0.4, -0.2) is 4.92 Å². The van der Waals surface area contributed by atoms with E-state index in [0.717, 1.165) is 0 Å². The molecule has 0 saturated carbocycles. The van der Waals surface area contributed by atoms with Gasteiger partial charge in [0.25, 0.3) is 5.69 Å². The Morgan fingerprint density at radius 3 is 2.58 bits per heavy atom. The SMILES string of the molecule is N#Cc1cccc(Oc2ccc([N+](=O)[O-])c(Cl)c2)c1. The molecule has 0 fully saturated rings. The summed E-state index contributed by atoms with van der Waals surface area (Å²) >= 11 is 5.78. The molecule has 0 unspecified atom stereocenters. The lowest BCUT2D eigenvalue weighted by molar-refractivity contribution is -0.384. The van der Waals surface area contributed by atoms with E-state index >= 15 is 0 Å². The molecule has 94 valence electrons. The predicted octanol–water partition coefficient (Wildman–Crippen LogP) is 3.91. The number of nitriles is 1. The van der Waals surface area contributed by atoms with E-state index in [9.17, 15) is 10.1 Å². The van der Waals surface area contributed by atoms with Crippen LogP contribution in [0.2, 0.25) is 5.02 Å². The molecule has 0 heterocycles. The Hall–Kier alpha value is -2.58. The highest BCUT2D eigenvalue weighted by Gasteiger charge is 2.12. The van der Waals surface area contributed by atoms with Gasteiger partial charge in [-0.05, 0) is 24.3 Å². The second-order valence-corrected chi connectivity index (χ2v) is 4.02. The number of benzene rings is 2. The molecule has 2 rings (SSSR count). The fourth-order valence-electron chi connectivity index (χ4n) is 1.46. The van der Waals surface area contributed by atoms with Crippen LogP contribution in [0.15, 0.2) is 42.5 Å². The summed E-state index contributed by atoms with van der Waals surface area (Å²) in [6.07, 6.45) is 0. The Bertz CT molecular complexity index is 680. The van der Waals surface area contributed by atoms with Gasteiger partial charge in [0.15, 0.2) is 0 Å². The lowest BCUT2D eigenvalue weighted by Crippen LogP contribution is -1.90. The van der Waals surface area contributed by atoms with Gasteiger partial charge in [0.05, 0.1) is 16.6 Å². The van der Waals surface area contributed by atoms with Gasteiger partial charge in [0.2, 0.25) is 0 Å². The largest absolute Gasteiger partial charge is 0.457 e.